The van der Waals surface area contributed by atoms with Crippen molar-refractivity contribution in [2.75, 3.05) is 18.4 Å². The number of nitrogens with zero attached hydrogens (tertiary/aromatic N) is 5. The van der Waals surface area contributed by atoms with Gasteiger partial charge in [0.05, 0.1) is 17.1 Å². The lowest BCUT2D eigenvalue weighted by Gasteiger charge is -2.31. The van der Waals surface area contributed by atoms with Crippen LogP contribution in [0.4, 0.5) is 5.95 Å². The average Bonchev–Trinajstić information content (AvgIpc) is 3.41. The molecule has 2 fully saturated rings. The normalized spacial score (nSPS) is 20.7. The molecule has 0 spiro atoms. The van der Waals surface area contributed by atoms with Crippen LogP contribution >= 0.6 is 11.9 Å². The van der Waals surface area contributed by atoms with Crippen LogP contribution in [-0.2, 0) is 19.9 Å². The standard InChI is InChI=1S/C19H26N6S/c1-12-21-16-6-3-13-11-20-19(23-17(13)18(16)24(12)2)22-14-7-9-25(10-8-14)26-15-4-5-15/h11,14-15H,3-10H2,1-2H3,(H,20,22,23). The first-order valence-corrected chi connectivity index (χ1v) is 10.6. The molecule has 0 bridgehead atoms. The van der Waals surface area contributed by atoms with E-state index in [2.05, 4.69) is 45.1 Å². The maximum absolute atomic E-state index is 4.90. The fourth-order valence-corrected chi connectivity index (χ4v) is 5.13. The average molecular weight is 371 g/mol. The molecular formula is C19H26N6S. The number of rotatable bonds is 4. The second kappa shape index (κ2) is 6.53. The van der Waals surface area contributed by atoms with E-state index in [9.17, 15) is 0 Å². The van der Waals surface area contributed by atoms with Gasteiger partial charge in [-0.15, -0.1) is 0 Å². The van der Waals surface area contributed by atoms with Crippen molar-refractivity contribution in [1.82, 2.24) is 23.8 Å². The minimum atomic E-state index is 0.473. The third-order valence-corrected chi connectivity index (χ3v) is 7.15. The molecule has 1 saturated heterocycles. The molecule has 0 amide bonds. The molecule has 5 rings (SSSR count). The molecule has 2 aromatic rings. The van der Waals surface area contributed by atoms with Crippen molar-refractivity contribution in [2.45, 2.75) is 56.7 Å². The van der Waals surface area contributed by atoms with E-state index in [0.29, 0.717) is 6.04 Å². The first kappa shape index (κ1) is 16.6. The van der Waals surface area contributed by atoms with Crippen molar-refractivity contribution >= 4 is 17.9 Å². The Morgan fingerprint density at radius 1 is 1.12 bits per heavy atom. The van der Waals surface area contributed by atoms with E-state index in [4.69, 9.17) is 9.97 Å². The summed E-state index contributed by atoms with van der Waals surface area (Å²) in [5, 5.41) is 4.49. The van der Waals surface area contributed by atoms with Crippen LogP contribution in [0.25, 0.3) is 11.4 Å². The van der Waals surface area contributed by atoms with E-state index >= 15 is 0 Å². The Hall–Kier alpha value is -1.60. The highest BCUT2D eigenvalue weighted by molar-refractivity contribution is 7.97. The number of aromatic nitrogens is 4. The number of aryl methyl sites for hydroxylation is 3. The number of nitrogens with one attached hydrogen (secondary N) is 1. The zero-order chi connectivity index (χ0) is 17.7. The van der Waals surface area contributed by atoms with Crippen LogP contribution in [0, 0.1) is 6.92 Å². The molecule has 3 heterocycles. The summed E-state index contributed by atoms with van der Waals surface area (Å²) < 4.78 is 4.71. The fourth-order valence-electron chi connectivity index (χ4n) is 3.94. The van der Waals surface area contributed by atoms with Gasteiger partial charge < -0.3 is 9.88 Å². The van der Waals surface area contributed by atoms with E-state index in [-0.39, 0.29) is 0 Å². The summed E-state index contributed by atoms with van der Waals surface area (Å²) in [6, 6.07) is 0.473. The molecule has 2 aromatic heterocycles. The highest BCUT2D eigenvalue weighted by Crippen LogP contribution is 2.37. The van der Waals surface area contributed by atoms with Gasteiger partial charge in [-0.3, -0.25) is 4.31 Å². The van der Waals surface area contributed by atoms with Crippen LogP contribution in [-0.4, -0.2) is 48.2 Å². The zero-order valence-corrected chi connectivity index (χ0v) is 16.3. The second-order valence-electron chi connectivity index (χ2n) is 7.73. The van der Waals surface area contributed by atoms with E-state index in [1.54, 1.807) is 0 Å². The Morgan fingerprint density at radius 3 is 2.69 bits per heavy atom. The maximum atomic E-state index is 4.90. The molecule has 0 radical (unpaired) electrons. The predicted octanol–water partition coefficient (Wildman–Crippen LogP) is 2.97. The number of hydrogen-bond acceptors (Lipinski definition) is 6. The van der Waals surface area contributed by atoms with Gasteiger partial charge >= 0.3 is 0 Å². The quantitative estimate of drug-likeness (QED) is 0.835. The first-order valence-electron chi connectivity index (χ1n) is 9.74. The summed E-state index contributed by atoms with van der Waals surface area (Å²) in [5.74, 6) is 1.82. The highest BCUT2D eigenvalue weighted by atomic mass is 32.2. The van der Waals surface area contributed by atoms with Gasteiger partial charge in [0.2, 0.25) is 5.95 Å². The molecule has 0 unspecified atom stereocenters. The smallest absolute Gasteiger partial charge is 0.223 e. The minimum absolute atomic E-state index is 0.473. The Labute approximate surface area is 158 Å². The van der Waals surface area contributed by atoms with E-state index in [1.165, 1.54) is 29.8 Å². The van der Waals surface area contributed by atoms with Gasteiger partial charge in [0.1, 0.15) is 5.82 Å². The second-order valence-corrected chi connectivity index (χ2v) is 9.13. The summed E-state index contributed by atoms with van der Waals surface area (Å²) in [4.78, 5) is 14.2. The Kier molecular flexibility index (Phi) is 4.16. The molecule has 0 atom stereocenters. The van der Waals surface area contributed by atoms with Crippen molar-refractivity contribution in [2.24, 2.45) is 7.05 Å². The first-order chi connectivity index (χ1) is 12.7. The van der Waals surface area contributed by atoms with Crippen LogP contribution in [0.5, 0.6) is 0 Å². The van der Waals surface area contributed by atoms with Crippen LogP contribution in [0.2, 0.25) is 0 Å². The monoisotopic (exact) mass is 370 g/mol. The number of anilines is 1. The third-order valence-electron chi connectivity index (χ3n) is 5.72. The van der Waals surface area contributed by atoms with Gasteiger partial charge in [0.25, 0.3) is 0 Å². The lowest BCUT2D eigenvalue weighted by Crippen LogP contribution is -2.36. The summed E-state index contributed by atoms with van der Waals surface area (Å²) in [6.45, 7) is 4.38. The SMILES string of the molecule is Cc1nc2c(n1C)-c1nc(NC3CCN(SC4CC4)CC3)ncc1CC2. The van der Waals surface area contributed by atoms with Gasteiger partial charge in [-0.05, 0) is 51.0 Å². The molecule has 6 nitrogen and oxygen atoms in total. The highest BCUT2D eigenvalue weighted by Gasteiger charge is 2.29. The summed E-state index contributed by atoms with van der Waals surface area (Å²) in [7, 11) is 2.08. The van der Waals surface area contributed by atoms with Crippen molar-refractivity contribution in [3.05, 3.63) is 23.3 Å². The van der Waals surface area contributed by atoms with E-state index in [1.807, 2.05) is 6.20 Å². The molecule has 2 aliphatic carbocycles. The molecule has 7 heteroatoms. The van der Waals surface area contributed by atoms with E-state index < -0.39 is 0 Å². The lowest BCUT2D eigenvalue weighted by atomic mass is 9.98. The van der Waals surface area contributed by atoms with Gasteiger partial charge in [0, 0.05) is 37.6 Å². The van der Waals surface area contributed by atoms with Gasteiger partial charge in [-0.25, -0.2) is 15.0 Å². The molecule has 1 aliphatic heterocycles. The molecule has 1 N–H and O–H groups in total. The zero-order valence-electron chi connectivity index (χ0n) is 15.5. The minimum Gasteiger partial charge on any atom is -0.351 e. The molecule has 138 valence electrons. The summed E-state index contributed by atoms with van der Waals surface area (Å²) in [6.07, 6.45) is 9.11. The maximum Gasteiger partial charge on any atom is 0.223 e. The lowest BCUT2D eigenvalue weighted by molar-refractivity contribution is 0.357. The largest absolute Gasteiger partial charge is 0.351 e. The van der Waals surface area contributed by atoms with Gasteiger partial charge in [0.15, 0.2) is 0 Å². The molecule has 0 aromatic carbocycles. The molecule has 3 aliphatic rings. The van der Waals surface area contributed by atoms with Crippen molar-refractivity contribution < 1.29 is 0 Å². The predicted molar refractivity (Wildman–Crippen MR) is 105 cm³/mol. The van der Waals surface area contributed by atoms with Crippen molar-refractivity contribution in [3.8, 4) is 11.4 Å². The Morgan fingerprint density at radius 2 is 1.92 bits per heavy atom. The Balaban J connectivity index is 1.31. The van der Waals surface area contributed by atoms with Crippen molar-refractivity contribution in [1.29, 1.82) is 0 Å². The number of piperidine rings is 1. The fraction of sp³-hybridized carbons (Fsp3) is 0.632. The topological polar surface area (TPSA) is 58.9 Å². The molecular weight excluding hydrogens is 344 g/mol. The number of fused-ring (bicyclic) bond motifs is 3. The van der Waals surface area contributed by atoms with Crippen molar-refractivity contribution in [3.63, 3.8) is 0 Å². The number of hydrogen-bond donors (Lipinski definition) is 1. The summed E-state index contributed by atoms with van der Waals surface area (Å²) in [5.41, 5.74) is 4.65. The molecule has 1 saturated carbocycles. The van der Waals surface area contributed by atoms with Crippen LogP contribution < -0.4 is 5.32 Å². The van der Waals surface area contributed by atoms with Crippen LogP contribution in [0.1, 0.15) is 42.8 Å². The van der Waals surface area contributed by atoms with Crippen LogP contribution in [0.15, 0.2) is 6.20 Å². The van der Waals surface area contributed by atoms with Gasteiger partial charge in [-0.2, -0.15) is 0 Å². The molecule has 26 heavy (non-hydrogen) atoms. The summed E-state index contributed by atoms with van der Waals surface area (Å²) >= 11 is 2.07. The van der Waals surface area contributed by atoms with E-state index in [0.717, 1.165) is 61.5 Å². The number of imidazole rings is 1. The van der Waals surface area contributed by atoms with Gasteiger partial charge in [-0.1, -0.05) is 11.9 Å². The van der Waals surface area contributed by atoms with Crippen LogP contribution in [0.3, 0.4) is 0 Å². The third kappa shape index (κ3) is 3.11. The Bertz CT molecular complexity index is 820.